The van der Waals surface area contributed by atoms with Crippen molar-refractivity contribution in [1.82, 2.24) is 19.3 Å². The molecule has 3 aromatic rings. The van der Waals surface area contributed by atoms with E-state index in [1.165, 1.54) is 22.5 Å². The lowest BCUT2D eigenvalue weighted by Crippen LogP contribution is -2.39. The topological polar surface area (TPSA) is 96.6 Å². The Labute approximate surface area is 195 Å². The molecule has 0 spiro atoms. The molecule has 0 N–H and O–H groups in total. The van der Waals surface area contributed by atoms with Crippen LogP contribution in [0.4, 0.5) is 4.39 Å². The molecule has 33 heavy (non-hydrogen) atoms. The number of carbonyl (C=O) groups excluding carboxylic acids is 1. The minimum Gasteiger partial charge on any atom is -0.339 e. The Bertz CT molecular complexity index is 1270. The summed E-state index contributed by atoms with van der Waals surface area (Å²) in [5.74, 6) is -0.162. The van der Waals surface area contributed by atoms with Gasteiger partial charge in [-0.05, 0) is 49.3 Å². The first-order valence-electron chi connectivity index (χ1n) is 10.9. The monoisotopic (exact) mass is 490 g/mol. The third kappa shape index (κ3) is 4.32. The first-order valence-corrected chi connectivity index (χ1v) is 13.2. The van der Waals surface area contributed by atoms with E-state index < -0.39 is 10.0 Å². The maximum Gasteiger partial charge on any atom is 0.265 e. The summed E-state index contributed by atoms with van der Waals surface area (Å²) in [5, 5.41) is 5.63. The van der Waals surface area contributed by atoms with Crippen LogP contribution >= 0.6 is 11.3 Å². The first-order chi connectivity index (χ1) is 15.9. The Morgan fingerprint density at radius 2 is 1.97 bits per heavy atom. The van der Waals surface area contributed by atoms with E-state index in [9.17, 15) is 17.6 Å². The minimum atomic E-state index is -3.68. The summed E-state index contributed by atoms with van der Waals surface area (Å²) in [6.45, 7) is 1.86. The number of halogens is 1. The van der Waals surface area contributed by atoms with E-state index in [2.05, 4.69) is 10.1 Å². The highest BCUT2D eigenvalue weighted by molar-refractivity contribution is 7.89. The van der Waals surface area contributed by atoms with Crippen molar-refractivity contribution in [3.05, 3.63) is 52.3 Å². The molecular formula is C22H23FN4O4S2. The van der Waals surface area contributed by atoms with Crippen LogP contribution in [0.15, 0.2) is 45.1 Å². The molecule has 1 atom stereocenters. The van der Waals surface area contributed by atoms with Crippen molar-refractivity contribution in [2.45, 2.75) is 36.5 Å². The van der Waals surface area contributed by atoms with Gasteiger partial charge in [0.2, 0.25) is 21.7 Å². The van der Waals surface area contributed by atoms with Crippen molar-refractivity contribution in [3.8, 4) is 11.4 Å². The second-order valence-corrected chi connectivity index (χ2v) is 11.1. The molecule has 174 valence electrons. The second kappa shape index (κ2) is 8.96. The molecule has 8 nitrogen and oxygen atoms in total. The number of likely N-dealkylation sites (tertiary alicyclic amines) is 1. The fourth-order valence-corrected chi connectivity index (χ4v) is 7.26. The smallest absolute Gasteiger partial charge is 0.265 e. The number of piperidine rings is 1. The standard InChI is InChI=1S/C22H23FN4O4S2/c23-17-7-3-5-15(13-17)20-24-21(31-25-20)16-6-4-9-26(14-16)22(28)19-18(8-12-32-19)33(29,30)27-10-1-2-11-27/h3,5,7-8,12-13,16H,1-2,4,6,9-11,14H2. The highest BCUT2D eigenvalue weighted by atomic mass is 32.2. The number of hydrogen-bond acceptors (Lipinski definition) is 7. The van der Waals surface area contributed by atoms with Crippen LogP contribution < -0.4 is 0 Å². The van der Waals surface area contributed by atoms with E-state index in [1.807, 2.05) is 0 Å². The van der Waals surface area contributed by atoms with Crippen molar-refractivity contribution in [2.75, 3.05) is 26.2 Å². The van der Waals surface area contributed by atoms with Crippen LogP contribution in [0, 0.1) is 5.82 Å². The predicted molar refractivity (Wildman–Crippen MR) is 120 cm³/mol. The largest absolute Gasteiger partial charge is 0.339 e. The molecular weight excluding hydrogens is 467 g/mol. The van der Waals surface area contributed by atoms with Gasteiger partial charge in [-0.25, -0.2) is 12.8 Å². The lowest BCUT2D eigenvalue weighted by molar-refractivity contribution is 0.0697. The highest BCUT2D eigenvalue weighted by Crippen LogP contribution is 2.32. The molecule has 1 unspecified atom stereocenters. The lowest BCUT2D eigenvalue weighted by Gasteiger charge is -2.31. The Kier molecular flexibility index (Phi) is 6.02. The SMILES string of the molecule is O=C(c1sccc1S(=O)(=O)N1CCCC1)N1CCCC(c2nc(-c3cccc(F)c3)no2)C1. The van der Waals surface area contributed by atoms with Gasteiger partial charge in [0.15, 0.2) is 0 Å². The number of nitrogens with zero attached hydrogens (tertiary/aromatic N) is 4. The lowest BCUT2D eigenvalue weighted by atomic mass is 9.98. The molecule has 1 aromatic carbocycles. The zero-order valence-electron chi connectivity index (χ0n) is 17.8. The van der Waals surface area contributed by atoms with Gasteiger partial charge in [0.25, 0.3) is 5.91 Å². The maximum absolute atomic E-state index is 13.5. The molecule has 11 heteroatoms. The second-order valence-electron chi connectivity index (χ2n) is 8.28. The van der Waals surface area contributed by atoms with Gasteiger partial charge in [-0.1, -0.05) is 17.3 Å². The van der Waals surface area contributed by atoms with Gasteiger partial charge in [0.05, 0.1) is 5.92 Å². The number of hydrogen-bond donors (Lipinski definition) is 0. The maximum atomic E-state index is 13.5. The van der Waals surface area contributed by atoms with E-state index in [-0.39, 0.29) is 27.4 Å². The zero-order chi connectivity index (χ0) is 23.0. The number of thiophene rings is 1. The summed E-state index contributed by atoms with van der Waals surface area (Å²) < 4.78 is 46.5. The Morgan fingerprint density at radius 1 is 1.15 bits per heavy atom. The van der Waals surface area contributed by atoms with Crippen molar-refractivity contribution in [1.29, 1.82) is 0 Å². The normalized spacial score (nSPS) is 19.8. The van der Waals surface area contributed by atoms with E-state index in [1.54, 1.807) is 22.4 Å². The summed E-state index contributed by atoms with van der Waals surface area (Å²) in [5.41, 5.74) is 0.518. The van der Waals surface area contributed by atoms with Crippen molar-refractivity contribution >= 4 is 27.3 Å². The van der Waals surface area contributed by atoms with Crippen LogP contribution in [-0.4, -0.2) is 59.8 Å². The summed E-state index contributed by atoms with van der Waals surface area (Å²) in [7, 11) is -3.68. The number of sulfonamides is 1. The molecule has 4 heterocycles. The van der Waals surface area contributed by atoms with Crippen molar-refractivity contribution in [2.24, 2.45) is 0 Å². The van der Waals surface area contributed by atoms with Crippen LogP contribution in [0.25, 0.3) is 11.4 Å². The van der Waals surface area contributed by atoms with Crippen LogP contribution in [0.5, 0.6) is 0 Å². The molecule has 0 saturated carbocycles. The van der Waals surface area contributed by atoms with Crippen LogP contribution in [0.1, 0.15) is 47.2 Å². The molecule has 2 aliphatic rings. The molecule has 0 radical (unpaired) electrons. The average molecular weight is 491 g/mol. The quantitative estimate of drug-likeness (QED) is 0.541. The summed E-state index contributed by atoms with van der Waals surface area (Å²) in [6.07, 6.45) is 3.16. The fraction of sp³-hybridized carbons (Fsp3) is 0.409. The van der Waals surface area contributed by atoms with Gasteiger partial charge in [-0.3, -0.25) is 4.79 Å². The highest BCUT2D eigenvalue weighted by Gasteiger charge is 2.35. The van der Waals surface area contributed by atoms with E-state index in [4.69, 9.17) is 4.52 Å². The average Bonchev–Trinajstić information content (AvgIpc) is 3.60. The van der Waals surface area contributed by atoms with Crippen molar-refractivity contribution < 1.29 is 22.1 Å². The number of amides is 1. The molecule has 2 aromatic heterocycles. The van der Waals surface area contributed by atoms with Gasteiger partial charge in [0, 0.05) is 31.7 Å². The Balaban J connectivity index is 1.34. The van der Waals surface area contributed by atoms with Gasteiger partial charge in [0.1, 0.15) is 15.6 Å². The van der Waals surface area contributed by atoms with E-state index in [0.29, 0.717) is 43.5 Å². The molecule has 5 rings (SSSR count). The van der Waals surface area contributed by atoms with Gasteiger partial charge < -0.3 is 9.42 Å². The fourth-order valence-electron chi connectivity index (χ4n) is 4.38. The predicted octanol–water partition coefficient (Wildman–Crippen LogP) is 3.74. The van der Waals surface area contributed by atoms with Gasteiger partial charge in [-0.2, -0.15) is 9.29 Å². The Hall–Kier alpha value is -2.63. The number of carbonyl (C=O) groups is 1. The van der Waals surface area contributed by atoms with E-state index in [0.717, 1.165) is 37.0 Å². The molecule has 0 bridgehead atoms. The van der Waals surface area contributed by atoms with Gasteiger partial charge >= 0.3 is 0 Å². The number of aromatic nitrogens is 2. The van der Waals surface area contributed by atoms with Crippen LogP contribution in [0.3, 0.4) is 0 Å². The first kappa shape index (κ1) is 22.2. The van der Waals surface area contributed by atoms with E-state index >= 15 is 0 Å². The molecule has 2 fully saturated rings. The zero-order valence-corrected chi connectivity index (χ0v) is 19.4. The molecule has 2 aliphatic heterocycles. The number of benzene rings is 1. The minimum absolute atomic E-state index is 0.0905. The molecule has 0 aliphatic carbocycles. The molecule has 2 saturated heterocycles. The van der Waals surface area contributed by atoms with Crippen LogP contribution in [0.2, 0.25) is 0 Å². The third-order valence-corrected chi connectivity index (χ3v) is 9.06. The number of rotatable bonds is 5. The van der Waals surface area contributed by atoms with Crippen molar-refractivity contribution in [3.63, 3.8) is 0 Å². The Morgan fingerprint density at radius 3 is 2.76 bits per heavy atom. The summed E-state index contributed by atoms with van der Waals surface area (Å²) in [6, 6.07) is 7.49. The summed E-state index contributed by atoms with van der Waals surface area (Å²) >= 11 is 1.15. The molecule has 1 amide bonds. The van der Waals surface area contributed by atoms with Gasteiger partial charge in [-0.15, -0.1) is 11.3 Å². The summed E-state index contributed by atoms with van der Waals surface area (Å²) in [4.78, 5) is 19.8. The van der Waals surface area contributed by atoms with Crippen LogP contribution in [-0.2, 0) is 10.0 Å². The third-order valence-electron chi connectivity index (χ3n) is 6.09.